The quantitative estimate of drug-likeness (QED) is 0.686. The Hall–Kier alpha value is -0.300. The molecule has 0 aromatic carbocycles. The third-order valence-corrected chi connectivity index (χ3v) is 4.09. The summed E-state index contributed by atoms with van der Waals surface area (Å²) >= 11 is 0. The molecule has 2 N–H and O–H groups in total. The van der Waals surface area contributed by atoms with Crippen LogP contribution < -0.4 is 5.73 Å². The summed E-state index contributed by atoms with van der Waals surface area (Å²) in [7, 11) is 0. The molecule has 0 heterocycles. The summed E-state index contributed by atoms with van der Waals surface area (Å²) in [5.74, 6) is 2.39. The van der Waals surface area contributed by atoms with Gasteiger partial charge in [-0.1, -0.05) is 26.3 Å². The molecular formula is C14H27N. The van der Waals surface area contributed by atoms with Gasteiger partial charge in [-0.2, -0.15) is 0 Å². The largest absolute Gasteiger partial charge is 0.325 e. The lowest BCUT2D eigenvalue weighted by atomic mass is 9.59. The van der Waals surface area contributed by atoms with Gasteiger partial charge in [-0.05, 0) is 50.4 Å². The second-order valence-corrected chi connectivity index (χ2v) is 5.95. The fraction of sp³-hybridized carbons (Fsp3) is 0.857. The van der Waals surface area contributed by atoms with Crippen molar-refractivity contribution in [3.8, 4) is 0 Å². The van der Waals surface area contributed by atoms with Crippen molar-refractivity contribution in [2.24, 2.45) is 23.5 Å². The van der Waals surface area contributed by atoms with Crippen molar-refractivity contribution in [2.45, 2.75) is 58.9 Å². The topological polar surface area (TPSA) is 26.0 Å². The summed E-state index contributed by atoms with van der Waals surface area (Å²) in [6, 6.07) is 0. The van der Waals surface area contributed by atoms with E-state index >= 15 is 0 Å². The minimum atomic E-state index is 0.160. The van der Waals surface area contributed by atoms with Crippen LogP contribution >= 0.6 is 0 Å². The highest BCUT2D eigenvalue weighted by Crippen LogP contribution is 2.46. The first-order chi connectivity index (χ1) is 6.88. The van der Waals surface area contributed by atoms with Gasteiger partial charge in [0.05, 0.1) is 0 Å². The molecule has 0 aromatic rings. The maximum atomic E-state index is 6.24. The molecule has 1 atom stereocenters. The summed E-state index contributed by atoms with van der Waals surface area (Å²) in [4.78, 5) is 0. The molecule has 88 valence electrons. The molecule has 1 fully saturated rings. The van der Waals surface area contributed by atoms with Gasteiger partial charge < -0.3 is 5.73 Å². The van der Waals surface area contributed by atoms with E-state index in [9.17, 15) is 0 Å². The van der Waals surface area contributed by atoms with E-state index in [2.05, 4.69) is 34.3 Å². The first-order valence-corrected chi connectivity index (χ1v) is 6.31. The van der Waals surface area contributed by atoms with Gasteiger partial charge in [0.1, 0.15) is 0 Å². The Labute approximate surface area is 95.1 Å². The molecule has 0 aliphatic heterocycles. The fourth-order valence-electron chi connectivity index (χ4n) is 2.93. The van der Waals surface area contributed by atoms with E-state index in [1.807, 2.05) is 0 Å². The maximum absolute atomic E-state index is 6.24. The summed E-state index contributed by atoms with van der Waals surface area (Å²) in [5, 5.41) is 0. The molecule has 0 amide bonds. The van der Waals surface area contributed by atoms with E-state index < -0.39 is 0 Å². The Bertz CT molecular complexity index is 223. The molecule has 1 heteroatoms. The van der Waals surface area contributed by atoms with Crippen LogP contribution in [0.5, 0.6) is 0 Å². The molecule has 1 nitrogen and oxygen atoms in total. The van der Waals surface area contributed by atoms with Crippen LogP contribution in [0.1, 0.15) is 53.4 Å². The van der Waals surface area contributed by atoms with E-state index in [1.165, 1.54) is 24.8 Å². The van der Waals surface area contributed by atoms with Gasteiger partial charge in [0, 0.05) is 5.54 Å². The Morgan fingerprint density at radius 1 is 1.47 bits per heavy atom. The zero-order valence-electron chi connectivity index (χ0n) is 10.8. The van der Waals surface area contributed by atoms with E-state index in [0.29, 0.717) is 0 Å². The highest BCUT2D eigenvalue weighted by atomic mass is 14.8. The van der Waals surface area contributed by atoms with Crippen molar-refractivity contribution in [2.75, 3.05) is 0 Å². The summed E-state index contributed by atoms with van der Waals surface area (Å²) in [6.07, 6.45) is 4.75. The third-order valence-electron chi connectivity index (χ3n) is 4.09. The minimum absolute atomic E-state index is 0.160. The summed E-state index contributed by atoms with van der Waals surface area (Å²) in [5.41, 5.74) is 7.72. The van der Waals surface area contributed by atoms with E-state index in [1.54, 1.807) is 0 Å². The third kappa shape index (κ3) is 3.07. The smallest absolute Gasteiger partial charge is 0.0157 e. The Morgan fingerprint density at radius 3 is 2.33 bits per heavy atom. The summed E-state index contributed by atoms with van der Waals surface area (Å²) in [6.45, 7) is 13.1. The zero-order valence-corrected chi connectivity index (χ0v) is 10.8. The zero-order chi connectivity index (χ0) is 11.6. The van der Waals surface area contributed by atoms with Crippen LogP contribution in [0.15, 0.2) is 12.2 Å². The Balaban J connectivity index is 2.50. The van der Waals surface area contributed by atoms with Crippen LogP contribution in [0.3, 0.4) is 0 Å². The minimum Gasteiger partial charge on any atom is -0.325 e. The van der Waals surface area contributed by atoms with Crippen LogP contribution in [0.25, 0.3) is 0 Å². The van der Waals surface area contributed by atoms with Crippen LogP contribution in [-0.2, 0) is 0 Å². The van der Waals surface area contributed by atoms with Crippen molar-refractivity contribution >= 4 is 0 Å². The monoisotopic (exact) mass is 209 g/mol. The number of rotatable bonds is 5. The van der Waals surface area contributed by atoms with Gasteiger partial charge >= 0.3 is 0 Å². The molecular weight excluding hydrogens is 182 g/mol. The molecule has 1 unspecified atom stereocenters. The van der Waals surface area contributed by atoms with E-state index in [-0.39, 0.29) is 5.54 Å². The molecule has 1 aliphatic rings. The molecule has 0 spiro atoms. The first kappa shape index (κ1) is 12.8. The van der Waals surface area contributed by atoms with Crippen LogP contribution in [-0.4, -0.2) is 5.54 Å². The second-order valence-electron chi connectivity index (χ2n) is 5.95. The molecule has 15 heavy (non-hydrogen) atoms. The SMILES string of the molecule is C=C(C)CC(C(C)C)C1CC(N)(CC)C1. The van der Waals surface area contributed by atoms with Gasteiger partial charge in [-0.15, -0.1) is 6.58 Å². The highest BCUT2D eigenvalue weighted by Gasteiger charge is 2.43. The number of allylic oxidation sites excluding steroid dienone is 1. The predicted octanol–water partition coefficient (Wildman–Crippen LogP) is 3.74. The maximum Gasteiger partial charge on any atom is 0.0157 e. The van der Waals surface area contributed by atoms with Gasteiger partial charge in [-0.25, -0.2) is 0 Å². The number of nitrogens with two attached hydrogens (primary N) is 1. The first-order valence-electron chi connectivity index (χ1n) is 6.31. The lowest BCUT2D eigenvalue weighted by Crippen LogP contribution is -2.53. The Kier molecular flexibility index (Phi) is 3.99. The van der Waals surface area contributed by atoms with Crippen LogP contribution in [0.4, 0.5) is 0 Å². The standard InChI is InChI=1S/C14H27N/c1-6-14(15)8-12(9-14)13(11(4)5)7-10(2)3/h11-13H,2,6-9,15H2,1,3-5H3. The van der Waals surface area contributed by atoms with Crippen molar-refractivity contribution in [3.63, 3.8) is 0 Å². The molecule has 0 aromatic heterocycles. The lowest BCUT2D eigenvalue weighted by molar-refractivity contribution is 0.0652. The summed E-state index contributed by atoms with van der Waals surface area (Å²) < 4.78 is 0. The molecule has 0 radical (unpaired) electrons. The molecule has 1 rings (SSSR count). The van der Waals surface area contributed by atoms with E-state index in [0.717, 1.165) is 24.2 Å². The normalized spacial score (nSPS) is 32.5. The van der Waals surface area contributed by atoms with Crippen LogP contribution in [0.2, 0.25) is 0 Å². The van der Waals surface area contributed by atoms with Gasteiger partial charge in [-0.3, -0.25) is 0 Å². The second kappa shape index (κ2) is 4.69. The van der Waals surface area contributed by atoms with Crippen molar-refractivity contribution in [1.82, 2.24) is 0 Å². The molecule has 1 saturated carbocycles. The number of hydrogen-bond acceptors (Lipinski definition) is 1. The van der Waals surface area contributed by atoms with Gasteiger partial charge in [0.25, 0.3) is 0 Å². The average Bonchev–Trinajstić information content (AvgIpc) is 2.08. The van der Waals surface area contributed by atoms with Gasteiger partial charge in [0.2, 0.25) is 0 Å². The van der Waals surface area contributed by atoms with Crippen molar-refractivity contribution in [3.05, 3.63) is 12.2 Å². The average molecular weight is 209 g/mol. The predicted molar refractivity (Wildman–Crippen MR) is 67.7 cm³/mol. The Morgan fingerprint density at radius 2 is 2.00 bits per heavy atom. The van der Waals surface area contributed by atoms with Crippen LogP contribution in [0, 0.1) is 17.8 Å². The van der Waals surface area contributed by atoms with Gasteiger partial charge in [0.15, 0.2) is 0 Å². The lowest BCUT2D eigenvalue weighted by Gasteiger charge is -2.49. The fourth-order valence-corrected chi connectivity index (χ4v) is 2.93. The highest BCUT2D eigenvalue weighted by molar-refractivity contribution is 5.03. The van der Waals surface area contributed by atoms with E-state index in [4.69, 9.17) is 5.73 Å². The van der Waals surface area contributed by atoms with Crippen molar-refractivity contribution < 1.29 is 0 Å². The number of hydrogen-bond donors (Lipinski definition) is 1. The molecule has 0 saturated heterocycles. The van der Waals surface area contributed by atoms with Crippen molar-refractivity contribution in [1.29, 1.82) is 0 Å². The molecule has 0 bridgehead atoms. The molecule has 1 aliphatic carbocycles.